The molecule has 4 heteroatoms. The zero-order valence-electron chi connectivity index (χ0n) is 10.7. The first-order valence-electron chi connectivity index (χ1n) is 7.29. The van der Waals surface area contributed by atoms with E-state index < -0.39 is 0 Å². The number of rotatable bonds is 2. The minimum absolute atomic E-state index is 0.0372. The van der Waals surface area contributed by atoms with E-state index in [1.54, 1.807) is 0 Å². The third-order valence-electron chi connectivity index (χ3n) is 5.44. The van der Waals surface area contributed by atoms with Crippen LogP contribution in [0.5, 0.6) is 0 Å². The van der Waals surface area contributed by atoms with Crippen LogP contribution in [0.25, 0.3) is 0 Å². The SMILES string of the molecule is O=C1CC[C@H](C(=O)N2CC3(CCC3)C2C2CC2)N1. The fourth-order valence-corrected chi connectivity index (χ4v) is 4.21. The van der Waals surface area contributed by atoms with Crippen molar-refractivity contribution in [2.24, 2.45) is 11.3 Å². The number of likely N-dealkylation sites (tertiary alicyclic amines) is 1. The summed E-state index contributed by atoms with van der Waals surface area (Å²) in [6, 6.07) is 0.285. The summed E-state index contributed by atoms with van der Waals surface area (Å²) in [6.45, 7) is 0.958. The van der Waals surface area contributed by atoms with Gasteiger partial charge in [-0.3, -0.25) is 9.59 Å². The Morgan fingerprint density at radius 1 is 1.28 bits per heavy atom. The molecule has 2 aliphatic carbocycles. The number of carbonyl (C=O) groups excluding carboxylic acids is 2. The quantitative estimate of drug-likeness (QED) is 0.794. The Labute approximate surface area is 107 Å². The van der Waals surface area contributed by atoms with Crippen molar-refractivity contribution in [3.8, 4) is 0 Å². The van der Waals surface area contributed by atoms with Crippen LogP contribution in [0.4, 0.5) is 0 Å². The summed E-state index contributed by atoms with van der Waals surface area (Å²) < 4.78 is 0. The Morgan fingerprint density at radius 3 is 2.56 bits per heavy atom. The second-order valence-corrected chi connectivity index (χ2v) is 6.62. The molecule has 0 radical (unpaired) electrons. The van der Waals surface area contributed by atoms with Crippen molar-refractivity contribution in [2.75, 3.05) is 6.54 Å². The predicted molar refractivity (Wildman–Crippen MR) is 65.7 cm³/mol. The van der Waals surface area contributed by atoms with Crippen LogP contribution in [0.1, 0.15) is 44.9 Å². The summed E-state index contributed by atoms with van der Waals surface area (Å²) in [5.41, 5.74) is 0.486. The monoisotopic (exact) mass is 248 g/mol. The highest BCUT2D eigenvalue weighted by molar-refractivity contribution is 5.91. The molecule has 4 rings (SSSR count). The van der Waals surface area contributed by atoms with E-state index in [1.807, 2.05) is 0 Å². The van der Waals surface area contributed by atoms with Crippen molar-refractivity contribution in [3.05, 3.63) is 0 Å². The number of nitrogens with zero attached hydrogens (tertiary/aromatic N) is 1. The Bertz CT molecular complexity index is 412. The molecule has 2 atom stereocenters. The van der Waals surface area contributed by atoms with E-state index in [4.69, 9.17) is 0 Å². The number of carbonyl (C=O) groups is 2. The summed E-state index contributed by atoms with van der Waals surface area (Å²) >= 11 is 0. The van der Waals surface area contributed by atoms with Crippen LogP contribution in [-0.4, -0.2) is 35.3 Å². The Morgan fingerprint density at radius 2 is 2.06 bits per heavy atom. The van der Waals surface area contributed by atoms with Crippen LogP contribution >= 0.6 is 0 Å². The highest BCUT2D eigenvalue weighted by atomic mass is 16.2. The normalized spacial score (nSPS) is 37.1. The zero-order chi connectivity index (χ0) is 12.3. The molecular formula is C14H20N2O2. The average Bonchev–Trinajstić information content (AvgIpc) is 2.95. The van der Waals surface area contributed by atoms with Gasteiger partial charge in [0.05, 0.1) is 0 Å². The van der Waals surface area contributed by atoms with E-state index in [9.17, 15) is 9.59 Å². The van der Waals surface area contributed by atoms with Gasteiger partial charge in [0.2, 0.25) is 11.8 Å². The molecular weight excluding hydrogens is 228 g/mol. The molecule has 98 valence electrons. The average molecular weight is 248 g/mol. The van der Waals surface area contributed by atoms with Gasteiger partial charge in [-0.05, 0) is 38.0 Å². The minimum Gasteiger partial charge on any atom is -0.344 e. The van der Waals surface area contributed by atoms with Crippen molar-refractivity contribution in [1.82, 2.24) is 10.2 Å². The lowest BCUT2D eigenvalue weighted by Crippen LogP contribution is -2.71. The van der Waals surface area contributed by atoms with Gasteiger partial charge in [0.1, 0.15) is 6.04 Å². The molecule has 0 bridgehead atoms. The maximum absolute atomic E-state index is 12.5. The second-order valence-electron chi connectivity index (χ2n) is 6.62. The maximum atomic E-state index is 12.5. The first-order chi connectivity index (χ1) is 8.70. The van der Waals surface area contributed by atoms with E-state index in [-0.39, 0.29) is 17.9 Å². The molecule has 18 heavy (non-hydrogen) atoms. The Kier molecular flexibility index (Phi) is 2.10. The van der Waals surface area contributed by atoms with Crippen molar-refractivity contribution in [1.29, 1.82) is 0 Å². The summed E-state index contributed by atoms with van der Waals surface area (Å²) in [5, 5.41) is 2.82. The minimum atomic E-state index is -0.226. The maximum Gasteiger partial charge on any atom is 0.245 e. The molecule has 0 aromatic heterocycles. The highest BCUT2D eigenvalue weighted by Crippen LogP contribution is 2.59. The molecule has 0 aromatic rings. The number of amides is 2. The second kappa shape index (κ2) is 3.49. The molecule has 4 fully saturated rings. The van der Waals surface area contributed by atoms with Gasteiger partial charge in [-0.2, -0.15) is 0 Å². The van der Waals surface area contributed by atoms with Gasteiger partial charge < -0.3 is 10.2 Å². The van der Waals surface area contributed by atoms with E-state index in [0.717, 1.165) is 12.5 Å². The lowest BCUT2D eigenvalue weighted by molar-refractivity contribution is -0.173. The van der Waals surface area contributed by atoms with Crippen molar-refractivity contribution < 1.29 is 9.59 Å². The number of nitrogens with one attached hydrogen (secondary N) is 1. The molecule has 2 amide bonds. The van der Waals surface area contributed by atoms with Crippen molar-refractivity contribution >= 4 is 11.8 Å². The van der Waals surface area contributed by atoms with Crippen LogP contribution in [0, 0.1) is 11.3 Å². The van der Waals surface area contributed by atoms with Crippen LogP contribution in [0.15, 0.2) is 0 Å². The summed E-state index contributed by atoms with van der Waals surface area (Å²) in [4.78, 5) is 25.8. The van der Waals surface area contributed by atoms with Gasteiger partial charge in [0, 0.05) is 24.4 Å². The summed E-state index contributed by atoms with van der Waals surface area (Å²) in [5.74, 6) is 0.991. The fourth-order valence-electron chi connectivity index (χ4n) is 4.21. The molecule has 2 aliphatic heterocycles. The first kappa shape index (κ1) is 10.8. The number of hydrogen-bond acceptors (Lipinski definition) is 2. The van der Waals surface area contributed by atoms with Gasteiger partial charge in [-0.25, -0.2) is 0 Å². The summed E-state index contributed by atoms with van der Waals surface area (Å²) in [7, 11) is 0. The molecule has 1 N–H and O–H groups in total. The van der Waals surface area contributed by atoms with E-state index >= 15 is 0 Å². The van der Waals surface area contributed by atoms with Gasteiger partial charge in [0.15, 0.2) is 0 Å². The topological polar surface area (TPSA) is 49.4 Å². The third kappa shape index (κ3) is 1.38. The molecule has 1 spiro atoms. The molecule has 4 nitrogen and oxygen atoms in total. The lowest BCUT2D eigenvalue weighted by atomic mass is 9.56. The van der Waals surface area contributed by atoms with Gasteiger partial charge in [-0.15, -0.1) is 0 Å². The fraction of sp³-hybridized carbons (Fsp3) is 0.857. The van der Waals surface area contributed by atoms with Crippen molar-refractivity contribution in [2.45, 2.75) is 57.0 Å². The lowest BCUT2D eigenvalue weighted by Gasteiger charge is -2.63. The van der Waals surface area contributed by atoms with E-state index in [2.05, 4.69) is 10.2 Å². The van der Waals surface area contributed by atoms with Crippen LogP contribution in [0.3, 0.4) is 0 Å². The van der Waals surface area contributed by atoms with E-state index in [0.29, 0.717) is 24.3 Å². The van der Waals surface area contributed by atoms with Gasteiger partial charge in [-0.1, -0.05) is 6.42 Å². The van der Waals surface area contributed by atoms with Crippen molar-refractivity contribution in [3.63, 3.8) is 0 Å². The highest BCUT2D eigenvalue weighted by Gasteiger charge is 2.62. The predicted octanol–water partition coefficient (Wildman–Crippen LogP) is 1.06. The zero-order valence-corrected chi connectivity index (χ0v) is 10.7. The van der Waals surface area contributed by atoms with Gasteiger partial charge in [0.25, 0.3) is 0 Å². The van der Waals surface area contributed by atoms with Crippen LogP contribution < -0.4 is 5.32 Å². The molecule has 4 aliphatic rings. The van der Waals surface area contributed by atoms with E-state index in [1.165, 1.54) is 32.1 Å². The third-order valence-corrected chi connectivity index (χ3v) is 5.44. The molecule has 1 unspecified atom stereocenters. The molecule has 2 heterocycles. The number of hydrogen-bond donors (Lipinski definition) is 1. The summed E-state index contributed by atoms with van der Waals surface area (Å²) in [6.07, 6.45) is 7.78. The molecule has 2 saturated carbocycles. The smallest absolute Gasteiger partial charge is 0.245 e. The van der Waals surface area contributed by atoms with Crippen LogP contribution in [0.2, 0.25) is 0 Å². The standard InChI is InChI=1S/C14H20N2O2/c17-11-5-4-10(15-11)13(18)16-8-14(6-1-7-14)12(16)9-2-3-9/h9-10,12H,1-8H2,(H,15,17)/t10-,12?/m1/s1. The largest absolute Gasteiger partial charge is 0.344 e. The Balaban J connectivity index is 1.48. The Hall–Kier alpha value is -1.06. The first-order valence-corrected chi connectivity index (χ1v) is 7.29. The molecule has 2 saturated heterocycles. The van der Waals surface area contributed by atoms with Crippen LogP contribution in [-0.2, 0) is 9.59 Å². The van der Waals surface area contributed by atoms with Gasteiger partial charge >= 0.3 is 0 Å². The molecule has 0 aromatic carbocycles.